The molecule has 0 aliphatic heterocycles. The van der Waals surface area contributed by atoms with E-state index in [4.69, 9.17) is 5.73 Å². The van der Waals surface area contributed by atoms with Crippen molar-refractivity contribution in [3.63, 3.8) is 0 Å². The van der Waals surface area contributed by atoms with Crippen LogP contribution in [0.25, 0.3) is 0 Å². The summed E-state index contributed by atoms with van der Waals surface area (Å²) in [5.41, 5.74) is 4.86. The molecule has 3 N–H and O–H groups in total. The first-order valence-corrected chi connectivity index (χ1v) is 7.54. The molecule has 1 aromatic rings. The van der Waals surface area contributed by atoms with Crippen molar-refractivity contribution in [3.8, 4) is 0 Å². The Morgan fingerprint density at radius 3 is 2.95 bits per heavy atom. The Balaban J connectivity index is 1.88. The zero-order chi connectivity index (χ0) is 13.9. The topological polar surface area (TPSA) is 46.2 Å². The van der Waals surface area contributed by atoms with Gasteiger partial charge in [0.25, 0.3) is 0 Å². The maximum atomic E-state index is 13.4. The van der Waals surface area contributed by atoms with E-state index >= 15 is 0 Å². The predicted molar refractivity (Wildman–Crippen MR) is 73.0 cm³/mol. The molecule has 0 saturated heterocycles. The minimum absolute atomic E-state index is 0.168. The first-order chi connectivity index (χ1) is 9.05. The molecule has 106 valence electrons. The molecule has 1 aliphatic carbocycles. The average Bonchev–Trinajstić information content (AvgIpc) is 2.76. The molecule has 19 heavy (non-hydrogen) atoms. The van der Waals surface area contributed by atoms with E-state index in [-0.39, 0.29) is 12.5 Å². The maximum absolute atomic E-state index is 13.4. The van der Waals surface area contributed by atoms with Gasteiger partial charge in [-0.1, -0.05) is 6.42 Å². The normalized spacial score (nSPS) is 26.8. The van der Waals surface area contributed by atoms with Gasteiger partial charge in [-0.2, -0.15) is 0 Å². The highest BCUT2D eigenvalue weighted by molar-refractivity contribution is 7.99. The molecule has 5 heteroatoms. The van der Waals surface area contributed by atoms with Crippen molar-refractivity contribution >= 4 is 11.8 Å². The van der Waals surface area contributed by atoms with E-state index in [1.54, 1.807) is 0 Å². The molecule has 1 aliphatic rings. The summed E-state index contributed by atoms with van der Waals surface area (Å²) < 4.78 is 26.4. The van der Waals surface area contributed by atoms with Crippen molar-refractivity contribution in [2.24, 2.45) is 11.7 Å². The molecule has 0 aromatic heterocycles. The quantitative estimate of drug-likeness (QED) is 0.819. The lowest BCUT2D eigenvalue weighted by atomic mass is 9.89. The minimum Gasteiger partial charge on any atom is -0.388 e. The highest BCUT2D eigenvalue weighted by atomic mass is 32.2. The number of benzene rings is 1. The van der Waals surface area contributed by atoms with Crippen LogP contribution in [0.2, 0.25) is 0 Å². The molecular formula is C14H19F2NOS. The summed E-state index contributed by atoms with van der Waals surface area (Å²) in [7, 11) is 0. The van der Waals surface area contributed by atoms with Crippen molar-refractivity contribution in [1.82, 2.24) is 0 Å². The van der Waals surface area contributed by atoms with Crippen LogP contribution in [0.5, 0.6) is 0 Å². The molecule has 1 aromatic carbocycles. The van der Waals surface area contributed by atoms with Crippen LogP contribution in [0, 0.1) is 17.6 Å². The van der Waals surface area contributed by atoms with Crippen LogP contribution in [-0.2, 0) is 0 Å². The van der Waals surface area contributed by atoms with Gasteiger partial charge >= 0.3 is 0 Å². The summed E-state index contributed by atoms with van der Waals surface area (Å²) in [6, 6.07) is 3.47. The molecule has 0 amide bonds. The highest BCUT2D eigenvalue weighted by Crippen LogP contribution is 2.38. The Hall–Kier alpha value is -0.650. The van der Waals surface area contributed by atoms with E-state index < -0.39 is 17.2 Å². The lowest BCUT2D eigenvalue weighted by Crippen LogP contribution is -2.41. The number of halogens is 2. The standard InChI is InChI=1S/C14H19F2NOS/c15-11-3-4-12(16)13(8-11)19-7-5-10-2-1-6-14(10,18)9-17/h3-4,8,10,18H,1-2,5-7,9,17H2. The molecule has 2 nitrogen and oxygen atoms in total. The fraction of sp³-hybridized carbons (Fsp3) is 0.571. The van der Waals surface area contributed by atoms with Crippen LogP contribution in [-0.4, -0.2) is 23.0 Å². The Labute approximate surface area is 116 Å². The van der Waals surface area contributed by atoms with Crippen LogP contribution in [0.4, 0.5) is 8.78 Å². The fourth-order valence-corrected chi connectivity index (χ4v) is 3.73. The predicted octanol–water partition coefficient (Wildman–Crippen LogP) is 2.94. The first kappa shape index (κ1) is 14.8. The number of hydrogen-bond acceptors (Lipinski definition) is 3. The van der Waals surface area contributed by atoms with E-state index in [2.05, 4.69) is 0 Å². The lowest BCUT2D eigenvalue weighted by Gasteiger charge is -2.28. The van der Waals surface area contributed by atoms with Gasteiger partial charge in [0.1, 0.15) is 11.6 Å². The fourth-order valence-electron chi connectivity index (χ4n) is 2.71. The van der Waals surface area contributed by atoms with Crippen LogP contribution >= 0.6 is 11.8 Å². The van der Waals surface area contributed by atoms with Crippen molar-refractivity contribution in [2.75, 3.05) is 12.3 Å². The third-order valence-electron chi connectivity index (χ3n) is 3.89. The third-order valence-corrected chi connectivity index (χ3v) is 4.96. The molecule has 2 rings (SSSR count). The van der Waals surface area contributed by atoms with E-state index in [1.165, 1.54) is 17.8 Å². The molecule has 0 spiro atoms. The molecule has 0 radical (unpaired) electrons. The number of nitrogens with two attached hydrogens (primary N) is 1. The van der Waals surface area contributed by atoms with E-state index in [1.807, 2.05) is 0 Å². The number of thioether (sulfide) groups is 1. The minimum atomic E-state index is -0.763. The molecule has 2 atom stereocenters. The Morgan fingerprint density at radius 2 is 2.21 bits per heavy atom. The van der Waals surface area contributed by atoms with Crippen molar-refractivity contribution in [3.05, 3.63) is 29.8 Å². The summed E-state index contributed by atoms with van der Waals surface area (Å²) >= 11 is 1.29. The van der Waals surface area contributed by atoms with Gasteiger partial charge in [-0.15, -0.1) is 11.8 Å². The van der Waals surface area contributed by atoms with E-state index in [0.717, 1.165) is 37.8 Å². The van der Waals surface area contributed by atoms with Gasteiger partial charge < -0.3 is 10.8 Å². The van der Waals surface area contributed by atoms with Gasteiger partial charge in [0.2, 0.25) is 0 Å². The van der Waals surface area contributed by atoms with Crippen molar-refractivity contribution in [2.45, 2.75) is 36.2 Å². The first-order valence-electron chi connectivity index (χ1n) is 6.55. The molecule has 2 unspecified atom stereocenters. The van der Waals surface area contributed by atoms with Gasteiger partial charge in [0.15, 0.2) is 0 Å². The average molecular weight is 287 g/mol. The smallest absolute Gasteiger partial charge is 0.136 e. The Kier molecular flexibility index (Phi) is 4.81. The number of hydrogen-bond donors (Lipinski definition) is 2. The molecule has 1 saturated carbocycles. The Morgan fingerprint density at radius 1 is 1.42 bits per heavy atom. The van der Waals surface area contributed by atoms with Gasteiger partial charge in [-0.25, -0.2) is 8.78 Å². The Bertz CT molecular complexity index is 443. The number of rotatable bonds is 5. The second-order valence-corrected chi connectivity index (χ2v) is 6.25. The van der Waals surface area contributed by atoms with Crippen LogP contribution in [0.1, 0.15) is 25.7 Å². The monoisotopic (exact) mass is 287 g/mol. The van der Waals surface area contributed by atoms with Crippen molar-refractivity contribution < 1.29 is 13.9 Å². The molecule has 1 fully saturated rings. The summed E-state index contributed by atoms with van der Waals surface area (Å²) in [4.78, 5) is 0.328. The summed E-state index contributed by atoms with van der Waals surface area (Å²) in [6.07, 6.45) is 3.46. The summed E-state index contributed by atoms with van der Waals surface area (Å²) in [5, 5.41) is 10.3. The molecule has 0 bridgehead atoms. The van der Waals surface area contributed by atoms with Gasteiger partial charge in [-0.3, -0.25) is 0 Å². The molecular weight excluding hydrogens is 268 g/mol. The summed E-state index contributed by atoms with van der Waals surface area (Å²) in [6.45, 7) is 0.274. The zero-order valence-electron chi connectivity index (χ0n) is 10.7. The summed E-state index contributed by atoms with van der Waals surface area (Å²) in [5.74, 6) is 0.00429. The maximum Gasteiger partial charge on any atom is 0.136 e. The highest BCUT2D eigenvalue weighted by Gasteiger charge is 2.39. The SMILES string of the molecule is NCC1(O)CCCC1CCSc1cc(F)ccc1F. The second kappa shape index (κ2) is 6.20. The lowest BCUT2D eigenvalue weighted by molar-refractivity contribution is 0.0103. The van der Waals surface area contributed by atoms with Gasteiger partial charge in [0, 0.05) is 11.4 Å². The zero-order valence-corrected chi connectivity index (χ0v) is 11.6. The van der Waals surface area contributed by atoms with Crippen LogP contribution in [0.15, 0.2) is 23.1 Å². The van der Waals surface area contributed by atoms with Crippen LogP contribution < -0.4 is 5.73 Å². The largest absolute Gasteiger partial charge is 0.388 e. The van der Waals surface area contributed by atoms with Gasteiger partial charge in [0.05, 0.1) is 5.60 Å². The number of aliphatic hydroxyl groups is 1. The van der Waals surface area contributed by atoms with Crippen molar-refractivity contribution in [1.29, 1.82) is 0 Å². The van der Waals surface area contributed by atoms with E-state index in [0.29, 0.717) is 10.6 Å². The second-order valence-electron chi connectivity index (χ2n) is 5.11. The molecule has 0 heterocycles. The van der Waals surface area contributed by atoms with E-state index in [9.17, 15) is 13.9 Å². The van der Waals surface area contributed by atoms with Crippen LogP contribution in [0.3, 0.4) is 0 Å². The van der Waals surface area contributed by atoms with Gasteiger partial charge in [-0.05, 0) is 49.1 Å². The third kappa shape index (κ3) is 3.46.